The van der Waals surface area contributed by atoms with E-state index in [1.54, 1.807) is 6.07 Å². The van der Waals surface area contributed by atoms with Crippen molar-refractivity contribution in [2.24, 2.45) is 5.92 Å². The zero-order valence-electron chi connectivity index (χ0n) is 12.8. The average Bonchev–Trinajstić information content (AvgIpc) is 2.44. The predicted octanol–water partition coefficient (Wildman–Crippen LogP) is 2.67. The van der Waals surface area contributed by atoms with E-state index >= 15 is 0 Å². The molecule has 0 saturated heterocycles. The van der Waals surface area contributed by atoms with Crippen LogP contribution < -0.4 is 15.4 Å². The molecule has 0 aliphatic carbocycles. The van der Waals surface area contributed by atoms with E-state index in [1.165, 1.54) is 18.2 Å². The molecule has 3 N–H and O–H groups in total. The molecule has 0 bridgehead atoms. The van der Waals surface area contributed by atoms with Gasteiger partial charge in [-0.05, 0) is 30.5 Å². The van der Waals surface area contributed by atoms with E-state index in [2.05, 4.69) is 15.4 Å². The van der Waals surface area contributed by atoms with Crippen LogP contribution in [0.25, 0.3) is 0 Å². The number of ether oxygens (including phenoxy) is 1. The number of rotatable bonds is 7. The van der Waals surface area contributed by atoms with Crippen LogP contribution in [-0.4, -0.2) is 30.3 Å². The van der Waals surface area contributed by atoms with Gasteiger partial charge >= 0.3 is 12.6 Å². The first-order valence-electron chi connectivity index (χ1n) is 7.06. The van der Waals surface area contributed by atoms with Crippen LogP contribution >= 0.6 is 0 Å². The molecule has 1 aromatic carbocycles. The van der Waals surface area contributed by atoms with E-state index in [0.717, 1.165) is 0 Å². The summed E-state index contributed by atoms with van der Waals surface area (Å²) in [6.45, 7) is 2.89. The minimum Gasteiger partial charge on any atom is -0.435 e. The lowest BCUT2D eigenvalue weighted by molar-refractivity contribution is -0.0499. The summed E-state index contributed by atoms with van der Waals surface area (Å²) >= 11 is 0. The Morgan fingerprint density at radius 3 is 2.59 bits per heavy atom. The number of alkyl halides is 2. The minimum atomic E-state index is -2.92. The molecule has 1 rings (SSSR count). The fourth-order valence-corrected chi connectivity index (χ4v) is 1.63. The number of urea groups is 1. The quantitative estimate of drug-likeness (QED) is 0.724. The lowest BCUT2D eigenvalue weighted by atomic mass is 10.1. The van der Waals surface area contributed by atoms with E-state index in [4.69, 9.17) is 0 Å². The van der Waals surface area contributed by atoms with E-state index in [9.17, 15) is 18.7 Å². The second kappa shape index (κ2) is 8.53. The molecule has 0 aliphatic rings. The summed E-state index contributed by atoms with van der Waals surface area (Å²) in [7, 11) is 0. The fourth-order valence-electron chi connectivity index (χ4n) is 1.63. The molecule has 2 atom stereocenters. The minimum absolute atomic E-state index is 0.0000809. The van der Waals surface area contributed by atoms with E-state index < -0.39 is 12.7 Å². The van der Waals surface area contributed by atoms with Gasteiger partial charge in [0.05, 0.1) is 6.10 Å². The van der Waals surface area contributed by atoms with Crippen LogP contribution in [0, 0.1) is 5.92 Å². The second-order valence-electron chi connectivity index (χ2n) is 5.35. The highest BCUT2D eigenvalue weighted by Gasteiger charge is 2.14. The molecule has 124 valence electrons. The summed E-state index contributed by atoms with van der Waals surface area (Å²) in [6.07, 6.45) is -1.01. The summed E-state index contributed by atoms with van der Waals surface area (Å²) in [4.78, 5) is 11.6. The third kappa shape index (κ3) is 6.26. The van der Waals surface area contributed by atoms with Crippen LogP contribution in [-0.2, 0) is 0 Å². The number of aliphatic hydroxyl groups excluding tert-OH is 1. The summed E-state index contributed by atoms with van der Waals surface area (Å²) in [6, 6.07) is 5.36. The first-order chi connectivity index (χ1) is 10.3. The van der Waals surface area contributed by atoms with Gasteiger partial charge in [-0.15, -0.1) is 0 Å². The summed E-state index contributed by atoms with van der Waals surface area (Å²) < 4.78 is 28.6. The van der Waals surface area contributed by atoms with Crippen LogP contribution in [0.5, 0.6) is 5.75 Å². The maximum Gasteiger partial charge on any atom is 0.387 e. The smallest absolute Gasteiger partial charge is 0.387 e. The molecule has 0 saturated carbocycles. The highest BCUT2D eigenvalue weighted by atomic mass is 19.3. The Bertz CT molecular complexity index is 484. The van der Waals surface area contributed by atoms with Crippen molar-refractivity contribution < 1.29 is 23.4 Å². The van der Waals surface area contributed by atoms with Gasteiger partial charge in [0, 0.05) is 12.6 Å². The molecule has 2 amide bonds. The van der Waals surface area contributed by atoms with Crippen molar-refractivity contribution in [3.8, 4) is 5.75 Å². The third-order valence-electron chi connectivity index (χ3n) is 3.28. The van der Waals surface area contributed by atoms with Crippen molar-refractivity contribution in [1.82, 2.24) is 10.6 Å². The van der Waals surface area contributed by atoms with Gasteiger partial charge in [-0.1, -0.05) is 26.0 Å². The maximum atomic E-state index is 12.1. The summed E-state index contributed by atoms with van der Waals surface area (Å²) in [5.41, 5.74) is 0.385. The highest BCUT2D eigenvalue weighted by molar-refractivity contribution is 5.74. The monoisotopic (exact) mass is 316 g/mol. The number of halogens is 2. The summed E-state index contributed by atoms with van der Waals surface area (Å²) in [5, 5.41) is 15.3. The van der Waals surface area contributed by atoms with Gasteiger partial charge in [-0.2, -0.15) is 8.78 Å². The Morgan fingerprint density at radius 2 is 2.00 bits per heavy atom. The lowest BCUT2D eigenvalue weighted by Crippen LogP contribution is -2.44. The number of amides is 2. The number of benzene rings is 1. The van der Waals surface area contributed by atoms with Crippen LogP contribution in [0.2, 0.25) is 0 Å². The SMILES string of the molecule is CC(C)C(C)NC(=O)NCC(O)c1cccc(OC(F)F)c1. The molecular weight excluding hydrogens is 294 g/mol. The molecule has 0 heterocycles. The van der Waals surface area contributed by atoms with Gasteiger partial charge in [0.15, 0.2) is 0 Å². The van der Waals surface area contributed by atoms with Crippen molar-refractivity contribution in [2.45, 2.75) is 39.5 Å². The molecule has 22 heavy (non-hydrogen) atoms. The first-order valence-corrected chi connectivity index (χ1v) is 7.06. The first kappa shape index (κ1) is 18.2. The maximum absolute atomic E-state index is 12.1. The average molecular weight is 316 g/mol. The molecule has 0 fully saturated rings. The van der Waals surface area contributed by atoms with E-state index in [1.807, 2.05) is 20.8 Å². The Labute approximate surface area is 128 Å². The number of hydrogen-bond donors (Lipinski definition) is 3. The van der Waals surface area contributed by atoms with E-state index in [-0.39, 0.29) is 24.4 Å². The number of aliphatic hydroxyl groups is 1. The van der Waals surface area contributed by atoms with Crippen LogP contribution in [0.3, 0.4) is 0 Å². The Kier molecular flexibility index (Phi) is 7.04. The summed E-state index contributed by atoms with van der Waals surface area (Å²) in [5.74, 6) is 0.253. The topological polar surface area (TPSA) is 70.6 Å². The van der Waals surface area contributed by atoms with Gasteiger partial charge in [0.25, 0.3) is 0 Å². The lowest BCUT2D eigenvalue weighted by Gasteiger charge is -2.19. The van der Waals surface area contributed by atoms with Crippen molar-refractivity contribution in [3.63, 3.8) is 0 Å². The van der Waals surface area contributed by atoms with Crippen molar-refractivity contribution in [1.29, 1.82) is 0 Å². The van der Waals surface area contributed by atoms with Gasteiger partial charge in [-0.25, -0.2) is 4.79 Å². The van der Waals surface area contributed by atoms with Gasteiger partial charge in [0.2, 0.25) is 0 Å². The van der Waals surface area contributed by atoms with Gasteiger partial charge in [0.1, 0.15) is 5.75 Å². The number of carbonyl (C=O) groups excluding carboxylic acids is 1. The van der Waals surface area contributed by atoms with Gasteiger partial charge in [-0.3, -0.25) is 0 Å². The number of carbonyl (C=O) groups is 1. The van der Waals surface area contributed by atoms with Crippen LogP contribution in [0.15, 0.2) is 24.3 Å². The fraction of sp³-hybridized carbons (Fsp3) is 0.533. The predicted molar refractivity (Wildman–Crippen MR) is 78.9 cm³/mol. The van der Waals surface area contributed by atoms with E-state index in [0.29, 0.717) is 11.5 Å². The molecule has 0 spiro atoms. The normalized spacial score (nSPS) is 13.8. The largest absolute Gasteiger partial charge is 0.435 e. The number of nitrogens with one attached hydrogen (secondary N) is 2. The molecule has 0 radical (unpaired) electrons. The van der Waals surface area contributed by atoms with Gasteiger partial charge < -0.3 is 20.5 Å². The zero-order valence-corrected chi connectivity index (χ0v) is 12.8. The van der Waals surface area contributed by atoms with Crippen LogP contribution in [0.4, 0.5) is 13.6 Å². The molecule has 0 aliphatic heterocycles. The molecule has 5 nitrogen and oxygen atoms in total. The van der Waals surface area contributed by atoms with Crippen LogP contribution in [0.1, 0.15) is 32.4 Å². The molecular formula is C15H22F2N2O3. The number of hydrogen-bond acceptors (Lipinski definition) is 3. The second-order valence-corrected chi connectivity index (χ2v) is 5.35. The highest BCUT2D eigenvalue weighted by Crippen LogP contribution is 2.20. The van der Waals surface area contributed by atoms with Crippen molar-refractivity contribution in [3.05, 3.63) is 29.8 Å². The van der Waals surface area contributed by atoms with Crippen molar-refractivity contribution >= 4 is 6.03 Å². The zero-order chi connectivity index (χ0) is 16.7. The Morgan fingerprint density at radius 1 is 1.32 bits per heavy atom. The molecule has 0 aromatic heterocycles. The third-order valence-corrected chi connectivity index (χ3v) is 3.28. The standard InChI is InChI=1S/C15H22F2N2O3/c1-9(2)10(3)19-15(21)18-8-13(20)11-5-4-6-12(7-11)22-14(16)17/h4-7,9-10,13-14,20H,8H2,1-3H3,(H2,18,19,21). The molecule has 2 unspecified atom stereocenters. The Balaban J connectivity index is 2.51. The molecule has 7 heteroatoms. The molecule has 1 aromatic rings. The Hall–Kier alpha value is -1.89. The van der Waals surface area contributed by atoms with Crippen molar-refractivity contribution in [2.75, 3.05) is 6.54 Å².